The summed E-state index contributed by atoms with van der Waals surface area (Å²) in [7, 11) is 0. The molecule has 2 rings (SSSR count). The third kappa shape index (κ3) is 2.68. The molecule has 2 aromatic rings. The van der Waals surface area contributed by atoms with E-state index in [-0.39, 0.29) is 5.91 Å². The zero-order valence-corrected chi connectivity index (χ0v) is 10.9. The van der Waals surface area contributed by atoms with Gasteiger partial charge < -0.3 is 5.32 Å². The van der Waals surface area contributed by atoms with E-state index >= 15 is 0 Å². The molecule has 0 radical (unpaired) electrons. The van der Waals surface area contributed by atoms with E-state index in [9.17, 15) is 4.79 Å². The van der Waals surface area contributed by atoms with Gasteiger partial charge in [0, 0.05) is 9.35 Å². The Morgan fingerprint density at radius 3 is 2.80 bits per heavy atom. The minimum atomic E-state index is -0.0229. The molecule has 2 aromatic heterocycles. The fourth-order valence-electron chi connectivity index (χ4n) is 1.12. The number of hydrogen-bond donors (Lipinski definition) is 1. The molecule has 0 fully saturated rings. The molecule has 5 heteroatoms. The minimum absolute atomic E-state index is 0.0229. The molecule has 0 aromatic carbocycles. The average Bonchev–Trinajstić information content (AvgIpc) is 2.84. The zero-order valence-electron chi connectivity index (χ0n) is 7.70. The summed E-state index contributed by atoms with van der Waals surface area (Å²) in [4.78, 5) is 13.6. The highest BCUT2D eigenvalue weighted by Crippen LogP contribution is 2.22. The van der Waals surface area contributed by atoms with Gasteiger partial charge >= 0.3 is 0 Å². The lowest BCUT2D eigenvalue weighted by Crippen LogP contribution is -2.21. The number of nitrogens with one attached hydrogen (secondary N) is 1. The first-order valence-corrected chi connectivity index (χ1v) is 6.86. The lowest BCUT2D eigenvalue weighted by atomic mass is 10.4. The van der Waals surface area contributed by atoms with E-state index in [2.05, 4.69) is 21.2 Å². The Labute approximate surface area is 104 Å². The Morgan fingerprint density at radius 2 is 2.20 bits per heavy atom. The van der Waals surface area contributed by atoms with E-state index < -0.39 is 0 Å². The van der Waals surface area contributed by atoms with Crippen LogP contribution in [0.5, 0.6) is 0 Å². The van der Waals surface area contributed by atoms with Crippen molar-refractivity contribution in [2.24, 2.45) is 0 Å². The van der Waals surface area contributed by atoms with Crippen molar-refractivity contribution in [2.45, 2.75) is 6.54 Å². The second-order valence-corrected chi connectivity index (χ2v) is 5.66. The van der Waals surface area contributed by atoms with Crippen LogP contribution in [0.3, 0.4) is 0 Å². The van der Waals surface area contributed by atoms with Gasteiger partial charge in [-0.25, -0.2) is 0 Å². The molecule has 1 amide bonds. The predicted octanol–water partition coefficient (Wildman–Crippen LogP) is 3.50. The minimum Gasteiger partial charge on any atom is -0.346 e. The number of rotatable bonds is 3. The highest BCUT2D eigenvalue weighted by Gasteiger charge is 2.10. The fraction of sp³-hybridized carbons (Fsp3) is 0.100. The first kappa shape index (κ1) is 10.9. The van der Waals surface area contributed by atoms with Gasteiger partial charge in [0.25, 0.3) is 5.91 Å². The molecule has 0 aliphatic heterocycles. The van der Waals surface area contributed by atoms with Crippen molar-refractivity contribution in [2.75, 3.05) is 0 Å². The van der Waals surface area contributed by atoms with Crippen molar-refractivity contribution in [1.29, 1.82) is 0 Å². The van der Waals surface area contributed by atoms with E-state index in [1.807, 2.05) is 29.0 Å². The van der Waals surface area contributed by atoms with Crippen LogP contribution in [0.15, 0.2) is 33.4 Å². The van der Waals surface area contributed by atoms with Crippen LogP contribution in [-0.2, 0) is 6.54 Å². The lowest BCUT2D eigenvalue weighted by molar-refractivity contribution is 0.0954. The molecular formula is C10H8BrNOS2. The molecule has 0 atom stereocenters. The molecule has 0 aliphatic carbocycles. The third-order valence-electron chi connectivity index (χ3n) is 1.83. The number of hydrogen-bond acceptors (Lipinski definition) is 3. The molecule has 15 heavy (non-hydrogen) atoms. The third-order valence-corrected chi connectivity index (χ3v) is 4.54. The van der Waals surface area contributed by atoms with Gasteiger partial charge in [0.05, 0.1) is 6.54 Å². The van der Waals surface area contributed by atoms with Gasteiger partial charge in [-0.3, -0.25) is 4.79 Å². The number of amides is 1. The summed E-state index contributed by atoms with van der Waals surface area (Å²) in [5.41, 5.74) is 0. The molecule has 2 heterocycles. The molecule has 0 saturated carbocycles. The Hall–Kier alpha value is -0.650. The quantitative estimate of drug-likeness (QED) is 0.923. The van der Waals surface area contributed by atoms with Crippen LogP contribution in [0, 0.1) is 0 Å². The van der Waals surface area contributed by atoms with Crippen LogP contribution >= 0.6 is 38.6 Å². The molecule has 0 unspecified atom stereocenters. The van der Waals surface area contributed by atoms with Crippen LogP contribution in [-0.4, -0.2) is 5.91 Å². The van der Waals surface area contributed by atoms with Gasteiger partial charge in [-0.1, -0.05) is 6.07 Å². The number of carbonyl (C=O) groups excluding carboxylic acids is 1. The van der Waals surface area contributed by atoms with E-state index in [4.69, 9.17) is 0 Å². The maximum Gasteiger partial charge on any atom is 0.262 e. The van der Waals surface area contributed by atoms with Gasteiger partial charge in [0.15, 0.2) is 0 Å². The normalized spacial score (nSPS) is 10.2. The molecule has 0 saturated heterocycles. The molecular weight excluding hydrogens is 294 g/mol. The lowest BCUT2D eigenvalue weighted by Gasteiger charge is -2.01. The van der Waals surface area contributed by atoms with Crippen LogP contribution in [0.1, 0.15) is 14.5 Å². The summed E-state index contributed by atoms with van der Waals surface area (Å²) >= 11 is 6.42. The molecule has 1 N–H and O–H groups in total. The molecule has 0 spiro atoms. The van der Waals surface area contributed by atoms with Crippen LogP contribution < -0.4 is 5.32 Å². The van der Waals surface area contributed by atoms with Gasteiger partial charge in [0.1, 0.15) is 4.88 Å². The van der Waals surface area contributed by atoms with Crippen molar-refractivity contribution < 1.29 is 4.79 Å². The van der Waals surface area contributed by atoms with Gasteiger partial charge in [0.2, 0.25) is 0 Å². The van der Waals surface area contributed by atoms with Crippen molar-refractivity contribution in [3.8, 4) is 0 Å². The Kier molecular flexibility index (Phi) is 3.56. The van der Waals surface area contributed by atoms with E-state index in [1.54, 1.807) is 11.3 Å². The van der Waals surface area contributed by atoms with Gasteiger partial charge in [-0.15, -0.1) is 22.7 Å². The highest BCUT2D eigenvalue weighted by atomic mass is 79.9. The zero-order chi connectivity index (χ0) is 10.7. The first-order valence-electron chi connectivity index (χ1n) is 4.31. The van der Waals surface area contributed by atoms with E-state index in [1.165, 1.54) is 11.3 Å². The number of thiophene rings is 2. The summed E-state index contributed by atoms with van der Waals surface area (Å²) < 4.78 is 0.858. The predicted molar refractivity (Wildman–Crippen MR) is 67.5 cm³/mol. The summed E-state index contributed by atoms with van der Waals surface area (Å²) in [5.74, 6) is -0.0229. The van der Waals surface area contributed by atoms with Crippen LogP contribution in [0.4, 0.5) is 0 Å². The average molecular weight is 302 g/mol. The second-order valence-electron chi connectivity index (χ2n) is 2.86. The standard InChI is InChI=1S/C10H8BrNOS2/c11-8-3-5-15-9(8)10(13)12-6-7-2-1-4-14-7/h1-5H,6H2,(H,12,13). The summed E-state index contributed by atoms with van der Waals surface area (Å²) in [6.45, 7) is 0.598. The summed E-state index contributed by atoms with van der Waals surface area (Å²) in [6, 6.07) is 5.87. The Bertz CT molecular complexity index is 450. The fourth-order valence-corrected chi connectivity index (χ4v) is 3.23. The SMILES string of the molecule is O=C(NCc1cccs1)c1sccc1Br. The van der Waals surface area contributed by atoms with Gasteiger partial charge in [-0.05, 0) is 38.8 Å². The maximum absolute atomic E-state index is 11.7. The monoisotopic (exact) mass is 301 g/mol. The van der Waals surface area contributed by atoms with Crippen LogP contribution in [0.25, 0.3) is 0 Å². The van der Waals surface area contributed by atoms with Crippen molar-refractivity contribution in [3.05, 3.63) is 43.2 Å². The highest BCUT2D eigenvalue weighted by molar-refractivity contribution is 9.10. The summed E-state index contributed by atoms with van der Waals surface area (Å²) in [6.07, 6.45) is 0. The molecule has 0 aliphatic rings. The Balaban J connectivity index is 1.96. The second kappa shape index (κ2) is 4.92. The summed E-state index contributed by atoms with van der Waals surface area (Å²) in [5, 5.41) is 6.78. The van der Waals surface area contributed by atoms with Crippen molar-refractivity contribution in [1.82, 2.24) is 5.32 Å². The molecule has 78 valence electrons. The van der Waals surface area contributed by atoms with Gasteiger partial charge in [-0.2, -0.15) is 0 Å². The topological polar surface area (TPSA) is 29.1 Å². The Morgan fingerprint density at radius 1 is 1.33 bits per heavy atom. The van der Waals surface area contributed by atoms with E-state index in [0.29, 0.717) is 6.54 Å². The van der Waals surface area contributed by atoms with Crippen LogP contribution in [0.2, 0.25) is 0 Å². The van der Waals surface area contributed by atoms with E-state index in [0.717, 1.165) is 14.2 Å². The van der Waals surface area contributed by atoms with Crippen molar-refractivity contribution in [3.63, 3.8) is 0 Å². The number of halogens is 1. The van der Waals surface area contributed by atoms with Crippen molar-refractivity contribution >= 4 is 44.5 Å². The first-order chi connectivity index (χ1) is 7.27. The maximum atomic E-state index is 11.7. The molecule has 0 bridgehead atoms. The molecule has 2 nitrogen and oxygen atoms in total. The number of carbonyl (C=O) groups is 1. The largest absolute Gasteiger partial charge is 0.346 e. The smallest absolute Gasteiger partial charge is 0.262 e.